The SMILES string of the molecule is NC(=O)c1c(SCCc2ccccc2)nsc1Nc1ccncc1. The van der Waals surface area contributed by atoms with Crippen molar-refractivity contribution >= 4 is 39.9 Å². The van der Waals surface area contributed by atoms with E-state index in [-0.39, 0.29) is 0 Å². The lowest BCUT2D eigenvalue weighted by atomic mass is 10.2. The Labute approximate surface area is 148 Å². The Morgan fingerprint density at radius 2 is 1.92 bits per heavy atom. The standard InChI is InChI=1S/C17H16N4OS2/c18-15(22)14-16(20-13-6-9-19-10-7-13)24-21-17(14)23-11-8-12-4-2-1-3-5-12/h1-7,9-10H,8,11H2,(H2,18,22)(H,19,20). The average molecular weight is 356 g/mol. The van der Waals surface area contributed by atoms with Gasteiger partial charge in [-0.1, -0.05) is 30.3 Å². The van der Waals surface area contributed by atoms with Gasteiger partial charge in [0.2, 0.25) is 0 Å². The van der Waals surface area contributed by atoms with Gasteiger partial charge in [-0.15, -0.1) is 11.8 Å². The fourth-order valence-electron chi connectivity index (χ4n) is 2.15. The highest BCUT2D eigenvalue weighted by atomic mass is 32.2. The minimum Gasteiger partial charge on any atom is -0.365 e. The highest BCUT2D eigenvalue weighted by molar-refractivity contribution is 7.99. The summed E-state index contributed by atoms with van der Waals surface area (Å²) in [5, 5.41) is 4.53. The zero-order valence-electron chi connectivity index (χ0n) is 12.8. The molecule has 0 atom stereocenters. The van der Waals surface area contributed by atoms with Crippen LogP contribution in [-0.4, -0.2) is 21.0 Å². The monoisotopic (exact) mass is 356 g/mol. The number of carbonyl (C=O) groups is 1. The number of anilines is 2. The molecule has 3 N–H and O–H groups in total. The number of hydrogen-bond acceptors (Lipinski definition) is 6. The van der Waals surface area contributed by atoms with E-state index in [1.54, 1.807) is 24.2 Å². The first-order valence-electron chi connectivity index (χ1n) is 7.37. The number of benzene rings is 1. The molecule has 0 saturated heterocycles. The molecule has 0 radical (unpaired) electrons. The third-order valence-electron chi connectivity index (χ3n) is 3.32. The quantitative estimate of drug-likeness (QED) is 0.631. The molecule has 3 rings (SSSR count). The van der Waals surface area contributed by atoms with Crippen LogP contribution in [0.3, 0.4) is 0 Å². The van der Waals surface area contributed by atoms with Crippen LogP contribution in [-0.2, 0) is 6.42 Å². The van der Waals surface area contributed by atoms with E-state index >= 15 is 0 Å². The van der Waals surface area contributed by atoms with Crippen LogP contribution < -0.4 is 11.1 Å². The summed E-state index contributed by atoms with van der Waals surface area (Å²) in [5.41, 5.74) is 8.12. The molecule has 3 aromatic rings. The van der Waals surface area contributed by atoms with Gasteiger partial charge in [0.1, 0.15) is 15.6 Å². The highest BCUT2D eigenvalue weighted by Gasteiger charge is 2.19. The second kappa shape index (κ2) is 7.94. The number of carbonyl (C=O) groups excluding carboxylic acids is 1. The predicted octanol–water partition coefficient (Wildman–Crippen LogP) is 3.72. The first kappa shape index (κ1) is 16.5. The van der Waals surface area contributed by atoms with Gasteiger partial charge < -0.3 is 11.1 Å². The number of aryl methyl sites for hydroxylation is 1. The number of primary amides is 1. The number of nitrogens with one attached hydrogen (secondary N) is 1. The normalized spacial score (nSPS) is 10.5. The Hall–Kier alpha value is -2.38. The van der Waals surface area contributed by atoms with Crippen molar-refractivity contribution < 1.29 is 4.79 Å². The summed E-state index contributed by atoms with van der Waals surface area (Å²) >= 11 is 2.79. The predicted molar refractivity (Wildman–Crippen MR) is 99.0 cm³/mol. The second-order valence-electron chi connectivity index (χ2n) is 5.00. The van der Waals surface area contributed by atoms with E-state index in [0.717, 1.165) is 17.9 Å². The Kier molecular flexibility index (Phi) is 5.45. The number of thioether (sulfide) groups is 1. The maximum atomic E-state index is 11.9. The van der Waals surface area contributed by atoms with Gasteiger partial charge in [0.05, 0.1) is 0 Å². The lowest BCUT2D eigenvalue weighted by Crippen LogP contribution is -2.13. The number of amides is 1. The van der Waals surface area contributed by atoms with Crippen molar-refractivity contribution in [2.75, 3.05) is 11.1 Å². The summed E-state index contributed by atoms with van der Waals surface area (Å²) in [6.45, 7) is 0. The number of nitrogens with two attached hydrogens (primary N) is 1. The molecule has 0 spiro atoms. The van der Waals surface area contributed by atoms with Crippen LogP contribution in [0.25, 0.3) is 0 Å². The van der Waals surface area contributed by atoms with Crippen molar-refractivity contribution in [3.63, 3.8) is 0 Å². The minimum atomic E-state index is -0.470. The van der Waals surface area contributed by atoms with Crippen LogP contribution in [0.1, 0.15) is 15.9 Å². The molecule has 0 aliphatic rings. The van der Waals surface area contributed by atoms with Crippen LogP contribution in [0.4, 0.5) is 10.7 Å². The molecule has 24 heavy (non-hydrogen) atoms. The maximum absolute atomic E-state index is 11.9. The van der Waals surface area contributed by atoms with E-state index in [2.05, 4.69) is 26.8 Å². The zero-order chi connectivity index (χ0) is 16.8. The molecule has 7 heteroatoms. The first-order valence-corrected chi connectivity index (χ1v) is 9.13. The number of hydrogen-bond donors (Lipinski definition) is 2. The fourth-order valence-corrected chi connectivity index (χ4v) is 4.14. The van der Waals surface area contributed by atoms with Gasteiger partial charge in [0, 0.05) is 23.8 Å². The number of rotatable bonds is 7. The number of pyridine rings is 1. The van der Waals surface area contributed by atoms with Crippen molar-refractivity contribution in [2.24, 2.45) is 5.73 Å². The smallest absolute Gasteiger partial charge is 0.254 e. The van der Waals surface area contributed by atoms with Gasteiger partial charge in [-0.2, -0.15) is 4.37 Å². The molecule has 1 aromatic carbocycles. The van der Waals surface area contributed by atoms with Crippen LogP contribution in [0.15, 0.2) is 59.9 Å². The summed E-state index contributed by atoms with van der Waals surface area (Å²) in [6, 6.07) is 13.9. The van der Waals surface area contributed by atoms with Crippen molar-refractivity contribution in [3.05, 3.63) is 66.0 Å². The van der Waals surface area contributed by atoms with E-state index in [9.17, 15) is 4.79 Å². The molecule has 0 saturated carbocycles. The molecular weight excluding hydrogens is 340 g/mol. The van der Waals surface area contributed by atoms with Crippen molar-refractivity contribution in [2.45, 2.75) is 11.4 Å². The third kappa shape index (κ3) is 4.12. The molecule has 5 nitrogen and oxygen atoms in total. The largest absolute Gasteiger partial charge is 0.365 e. The second-order valence-corrected chi connectivity index (χ2v) is 6.86. The number of aromatic nitrogens is 2. The summed E-state index contributed by atoms with van der Waals surface area (Å²) in [4.78, 5) is 15.8. The van der Waals surface area contributed by atoms with Gasteiger partial charge in [-0.25, -0.2) is 0 Å². The van der Waals surface area contributed by atoms with E-state index in [0.29, 0.717) is 15.6 Å². The lowest BCUT2D eigenvalue weighted by molar-refractivity contribution is 0.0998. The Balaban J connectivity index is 1.70. The molecule has 0 fully saturated rings. The Morgan fingerprint density at radius 1 is 1.17 bits per heavy atom. The van der Waals surface area contributed by atoms with E-state index in [1.807, 2.05) is 30.3 Å². The first-order chi connectivity index (χ1) is 11.7. The molecule has 0 aliphatic carbocycles. The van der Waals surface area contributed by atoms with Gasteiger partial charge in [-0.3, -0.25) is 9.78 Å². The van der Waals surface area contributed by atoms with Gasteiger partial charge in [-0.05, 0) is 35.6 Å². The van der Waals surface area contributed by atoms with Crippen LogP contribution in [0.5, 0.6) is 0 Å². The van der Waals surface area contributed by atoms with Crippen molar-refractivity contribution in [1.82, 2.24) is 9.36 Å². The third-order valence-corrected chi connectivity index (χ3v) is 5.17. The topological polar surface area (TPSA) is 80.9 Å². The molecule has 0 bridgehead atoms. The van der Waals surface area contributed by atoms with Crippen LogP contribution >= 0.6 is 23.3 Å². The average Bonchev–Trinajstić information content (AvgIpc) is 2.99. The fraction of sp³-hybridized carbons (Fsp3) is 0.118. The van der Waals surface area contributed by atoms with Crippen molar-refractivity contribution in [3.8, 4) is 0 Å². The van der Waals surface area contributed by atoms with E-state index in [1.165, 1.54) is 17.1 Å². The summed E-state index contributed by atoms with van der Waals surface area (Å²) in [6.07, 6.45) is 4.28. The molecular formula is C17H16N4OS2. The molecule has 1 amide bonds. The summed E-state index contributed by atoms with van der Waals surface area (Å²) in [5.74, 6) is 0.366. The molecule has 0 aliphatic heterocycles. The Morgan fingerprint density at radius 3 is 2.62 bits per heavy atom. The lowest BCUT2D eigenvalue weighted by Gasteiger charge is -2.05. The maximum Gasteiger partial charge on any atom is 0.254 e. The molecule has 2 aromatic heterocycles. The van der Waals surface area contributed by atoms with Crippen LogP contribution in [0, 0.1) is 0 Å². The zero-order valence-corrected chi connectivity index (χ0v) is 14.4. The van der Waals surface area contributed by atoms with Gasteiger partial charge in [0.25, 0.3) is 5.91 Å². The Bertz CT molecular complexity index is 806. The molecule has 122 valence electrons. The van der Waals surface area contributed by atoms with Crippen LogP contribution in [0.2, 0.25) is 0 Å². The highest BCUT2D eigenvalue weighted by Crippen LogP contribution is 2.33. The van der Waals surface area contributed by atoms with Gasteiger partial charge in [0.15, 0.2) is 0 Å². The summed E-state index contributed by atoms with van der Waals surface area (Å²) < 4.78 is 4.39. The van der Waals surface area contributed by atoms with E-state index < -0.39 is 5.91 Å². The molecule has 0 unspecified atom stereocenters. The summed E-state index contributed by atoms with van der Waals surface area (Å²) in [7, 11) is 0. The van der Waals surface area contributed by atoms with Crippen molar-refractivity contribution in [1.29, 1.82) is 0 Å². The minimum absolute atomic E-state index is 0.454. The van der Waals surface area contributed by atoms with E-state index in [4.69, 9.17) is 5.73 Å². The number of nitrogens with zero attached hydrogens (tertiary/aromatic N) is 2. The molecule has 2 heterocycles. The van der Waals surface area contributed by atoms with Gasteiger partial charge >= 0.3 is 0 Å².